The quantitative estimate of drug-likeness (QED) is 0.714. The van der Waals surface area contributed by atoms with Crippen LogP contribution in [0.25, 0.3) is 0 Å². The van der Waals surface area contributed by atoms with E-state index in [1.54, 1.807) is 0 Å². The van der Waals surface area contributed by atoms with Gasteiger partial charge in [-0.2, -0.15) is 0 Å². The second kappa shape index (κ2) is 9.08. The standard InChI is InChI=1S/C17H30N2/c1-5-8-9-15(6-2)17(19-7-3)14(4)16-10-12-18-13-11-16/h10-15,17,19H,5-9H2,1-4H3. The summed E-state index contributed by atoms with van der Waals surface area (Å²) >= 11 is 0. The Labute approximate surface area is 119 Å². The van der Waals surface area contributed by atoms with E-state index in [4.69, 9.17) is 0 Å². The molecule has 0 radical (unpaired) electrons. The second-order valence-electron chi connectivity index (χ2n) is 5.46. The van der Waals surface area contributed by atoms with E-state index in [1.165, 1.54) is 31.2 Å². The van der Waals surface area contributed by atoms with E-state index in [1.807, 2.05) is 12.4 Å². The van der Waals surface area contributed by atoms with Gasteiger partial charge < -0.3 is 5.32 Å². The van der Waals surface area contributed by atoms with Gasteiger partial charge in [-0.1, -0.05) is 47.0 Å². The number of unbranched alkanes of at least 4 members (excludes halogenated alkanes) is 1. The molecule has 1 aromatic heterocycles. The van der Waals surface area contributed by atoms with Crippen LogP contribution in [0.1, 0.15) is 64.9 Å². The summed E-state index contributed by atoms with van der Waals surface area (Å²) in [4.78, 5) is 4.13. The van der Waals surface area contributed by atoms with Crippen molar-refractivity contribution in [2.75, 3.05) is 6.54 Å². The third-order valence-electron chi connectivity index (χ3n) is 4.17. The maximum atomic E-state index is 4.13. The van der Waals surface area contributed by atoms with Crippen LogP contribution in [0.4, 0.5) is 0 Å². The minimum atomic E-state index is 0.546. The Morgan fingerprint density at radius 2 is 1.84 bits per heavy atom. The molecule has 1 rings (SSSR count). The lowest BCUT2D eigenvalue weighted by atomic mass is 9.81. The van der Waals surface area contributed by atoms with Crippen molar-refractivity contribution in [3.05, 3.63) is 30.1 Å². The molecule has 108 valence electrons. The molecule has 3 atom stereocenters. The van der Waals surface area contributed by atoms with E-state index >= 15 is 0 Å². The molecule has 19 heavy (non-hydrogen) atoms. The molecule has 0 saturated carbocycles. The summed E-state index contributed by atoms with van der Waals surface area (Å²) in [6, 6.07) is 4.88. The Bertz CT molecular complexity index is 323. The Morgan fingerprint density at radius 1 is 1.16 bits per heavy atom. The van der Waals surface area contributed by atoms with Gasteiger partial charge in [-0.05, 0) is 42.5 Å². The summed E-state index contributed by atoms with van der Waals surface area (Å²) in [7, 11) is 0. The van der Waals surface area contributed by atoms with Gasteiger partial charge >= 0.3 is 0 Å². The van der Waals surface area contributed by atoms with Crippen LogP contribution < -0.4 is 5.32 Å². The number of pyridine rings is 1. The molecule has 3 unspecified atom stereocenters. The molecule has 0 bridgehead atoms. The summed E-state index contributed by atoms with van der Waals surface area (Å²) in [6.07, 6.45) is 9.03. The Hall–Kier alpha value is -0.890. The average molecular weight is 262 g/mol. The molecule has 0 spiro atoms. The van der Waals surface area contributed by atoms with E-state index in [0.29, 0.717) is 12.0 Å². The van der Waals surface area contributed by atoms with Crippen LogP contribution in [0.5, 0.6) is 0 Å². The van der Waals surface area contributed by atoms with Crippen molar-refractivity contribution in [2.45, 2.75) is 65.3 Å². The van der Waals surface area contributed by atoms with E-state index in [2.05, 4.69) is 50.1 Å². The monoisotopic (exact) mass is 262 g/mol. The van der Waals surface area contributed by atoms with Gasteiger partial charge in [-0.3, -0.25) is 4.98 Å². The number of likely N-dealkylation sites (N-methyl/N-ethyl adjacent to an activating group) is 1. The number of rotatable bonds is 9. The molecular weight excluding hydrogens is 232 g/mol. The SMILES string of the molecule is CCCCC(CC)C(NCC)C(C)c1ccncc1. The topological polar surface area (TPSA) is 24.9 Å². The molecule has 0 aromatic carbocycles. The van der Waals surface area contributed by atoms with Gasteiger partial charge in [0.05, 0.1) is 0 Å². The molecule has 0 aliphatic carbocycles. The molecule has 1 N–H and O–H groups in total. The van der Waals surface area contributed by atoms with Crippen LogP contribution in [0.15, 0.2) is 24.5 Å². The molecule has 1 heterocycles. The lowest BCUT2D eigenvalue weighted by Crippen LogP contribution is -2.40. The minimum Gasteiger partial charge on any atom is -0.313 e. The number of aromatic nitrogens is 1. The maximum Gasteiger partial charge on any atom is 0.0270 e. The number of hydrogen-bond acceptors (Lipinski definition) is 2. The Balaban J connectivity index is 2.79. The summed E-state index contributed by atoms with van der Waals surface area (Å²) in [5.41, 5.74) is 1.40. The molecule has 0 saturated heterocycles. The first kappa shape index (κ1) is 16.2. The lowest BCUT2D eigenvalue weighted by molar-refractivity contribution is 0.289. The summed E-state index contributed by atoms with van der Waals surface area (Å²) in [5.74, 6) is 1.31. The van der Waals surface area contributed by atoms with E-state index in [0.717, 1.165) is 12.5 Å². The van der Waals surface area contributed by atoms with Crippen molar-refractivity contribution in [1.29, 1.82) is 0 Å². The Kier molecular flexibility index (Phi) is 7.73. The van der Waals surface area contributed by atoms with Crippen molar-refractivity contribution in [2.24, 2.45) is 5.92 Å². The van der Waals surface area contributed by atoms with Crippen LogP contribution in [-0.4, -0.2) is 17.6 Å². The van der Waals surface area contributed by atoms with Gasteiger partial charge in [-0.25, -0.2) is 0 Å². The minimum absolute atomic E-state index is 0.546. The van der Waals surface area contributed by atoms with Gasteiger partial charge in [0.25, 0.3) is 0 Å². The highest BCUT2D eigenvalue weighted by atomic mass is 14.9. The number of hydrogen-bond donors (Lipinski definition) is 1. The van der Waals surface area contributed by atoms with Crippen molar-refractivity contribution in [1.82, 2.24) is 10.3 Å². The smallest absolute Gasteiger partial charge is 0.0270 e. The zero-order chi connectivity index (χ0) is 14.1. The fraction of sp³-hybridized carbons (Fsp3) is 0.706. The first-order valence-corrected chi connectivity index (χ1v) is 7.87. The van der Waals surface area contributed by atoms with E-state index in [9.17, 15) is 0 Å². The summed E-state index contributed by atoms with van der Waals surface area (Å²) in [5, 5.41) is 3.72. The number of nitrogens with zero attached hydrogens (tertiary/aromatic N) is 1. The van der Waals surface area contributed by atoms with Gasteiger partial charge in [-0.15, -0.1) is 0 Å². The predicted molar refractivity (Wildman–Crippen MR) is 83.4 cm³/mol. The van der Waals surface area contributed by atoms with E-state index in [-0.39, 0.29) is 0 Å². The molecule has 1 aromatic rings. The lowest BCUT2D eigenvalue weighted by Gasteiger charge is -2.32. The maximum absolute atomic E-state index is 4.13. The van der Waals surface area contributed by atoms with E-state index < -0.39 is 0 Å². The highest BCUT2D eigenvalue weighted by molar-refractivity contribution is 5.17. The number of nitrogens with one attached hydrogen (secondary N) is 1. The van der Waals surface area contributed by atoms with Crippen LogP contribution in [0, 0.1) is 5.92 Å². The largest absolute Gasteiger partial charge is 0.313 e. The van der Waals surface area contributed by atoms with Gasteiger partial charge in [0.2, 0.25) is 0 Å². The highest BCUT2D eigenvalue weighted by Gasteiger charge is 2.25. The average Bonchev–Trinajstić information content (AvgIpc) is 2.47. The van der Waals surface area contributed by atoms with Crippen molar-refractivity contribution in [3.63, 3.8) is 0 Å². The van der Waals surface area contributed by atoms with Gasteiger partial charge in [0, 0.05) is 18.4 Å². The molecule has 0 aliphatic heterocycles. The van der Waals surface area contributed by atoms with Crippen molar-refractivity contribution >= 4 is 0 Å². The first-order valence-electron chi connectivity index (χ1n) is 7.87. The third kappa shape index (κ3) is 4.94. The second-order valence-corrected chi connectivity index (χ2v) is 5.46. The summed E-state index contributed by atoms with van der Waals surface area (Å²) < 4.78 is 0. The zero-order valence-corrected chi connectivity index (χ0v) is 13.0. The molecule has 0 amide bonds. The molecule has 0 aliphatic rings. The third-order valence-corrected chi connectivity index (χ3v) is 4.17. The predicted octanol–water partition coefficient (Wildman–Crippen LogP) is 4.38. The fourth-order valence-electron chi connectivity index (χ4n) is 2.97. The van der Waals surface area contributed by atoms with Crippen molar-refractivity contribution in [3.8, 4) is 0 Å². The Morgan fingerprint density at radius 3 is 2.37 bits per heavy atom. The van der Waals surface area contributed by atoms with Gasteiger partial charge in [0.1, 0.15) is 0 Å². The summed E-state index contributed by atoms with van der Waals surface area (Å²) in [6.45, 7) is 10.2. The van der Waals surface area contributed by atoms with Crippen LogP contribution in [0.3, 0.4) is 0 Å². The molecular formula is C17H30N2. The van der Waals surface area contributed by atoms with Crippen LogP contribution >= 0.6 is 0 Å². The van der Waals surface area contributed by atoms with Crippen LogP contribution in [0.2, 0.25) is 0 Å². The first-order chi connectivity index (χ1) is 9.24. The zero-order valence-electron chi connectivity index (χ0n) is 13.0. The highest BCUT2D eigenvalue weighted by Crippen LogP contribution is 2.28. The molecule has 0 fully saturated rings. The van der Waals surface area contributed by atoms with Crippen LogP contribution in [-0.2, 0) is 0 Å². The fourth-order valence-corrected chi connectivity index (χ4v) is 2.97. The van der Waals surface area contributed by atoms with Crippen molar-refractivity contribution < 1.29 is 0 Å². The normalized spacial score (nSPS) is 16.0. The van der Waals surface area contributed by atoms with Gasteiger partial charge in [0.15, 0.2) is 0 Å². The molecule has 2 nitrogen and oxygen atoms in total. The molecule has 2 heteroatoms.